The quantitative estimate of drug-likeness (QED) is 0.421. The highest BCUT2D eigenvalue weighted by atomic mass is 15.5. The molecule has 3 N–H and O–H groups in total. The second-order valence-corrected chi connectivity index (χ2v) is 4.00. The second kappa shape index (κ2) is 4.77. The van der Waals surface area contributed by atoms with Crippen LogP contribution in [0.25, 0.3) is 10.8 Å². The summed E-state index contributed by atoms with van der Waals surface area (Å²) in [6.45, 7) is 0. The molecule has 19 heavy (non-hydrogen) atoms. The molecule has 0 atom stereocenters. The van der Waals surface area contributed by atoms with Crippen molar-refractivity contribution in [3.63, 3.8) is 0 Å². The molecule has 0 bridgehead atoms. The van der Waals surface area contributed by atoms with Crippen LogP contribution in [0.1, 0.15) is 5.56 Å². The van der Waals surface area contributed by atoms with Gasteiger partial charge in [0.2, 0.25) is 0 Å². The number of hydrogen-bond acceptors (Lipinski definition) is 5. The van der Waals surface area contributed by atoms with E-state index < -0.39 is 0 Å². The minimum Gasteiger partial charge on any atom is -0.335 e. The molecule has 0 saturated carbocycles. The molecule has 0 aliphatic rings. The van der Waals surface area contributed by atoms with E-state index >= 15 is 0 Å². The molecule has 0 aliphatic carbocycles. The minimum absolute atomic E-state index is 0.386. The molecule has 0 aliphatic heterocycles. The molecule has 1 aromatic heterocycles. The van der Waals surface area contributed by atoms with Crippen molar-refractivity contribution >= 4 is 22.9 Å². The highest BCUT2D eigenvalue weighted by molar-refractivity contribution is 5.99. The van der Waals surface area contributed by atoms with Gasteiger partial charge in [0, 0.05) is 5.56 Å². The summed E-state index contributed by atoms with van der Waals surface area (Å²) in [5, 5.41) is 13.9. The van der Waals surface area contributed by atoms with E-state index in [1.807, 2.05) is 24.3 Å². The molecule has 0 radical (unpaired) electrons. The van der Waals surface area contributed by atoms with Gasteiger partial charge in [0.25, 0.3) is 5.95 Å². The van der Waals surface area contributed by atoms with Crippen LogP contribution in [0.2, 0.25) is 0 Å². The maximum absolute atomic E-state index is 5.57. The number of nitrogens with one attached hydrogen (secondary N) is 1. The van der Waals surface area contributed by atoms with Crippen molar-refractivity contribution in [3.05, 3.63) is 54.4 Å². The number of nitrogens with two attached hydrogens (primary N) is 1. The Balaban J connectivity index is 1.87. The summed E-state index contributed by atoms with van der Waals surface area (Å²) in [5.41, 5.74) is 3.76. The highest BCUT2D eigenvalue weighted by Crippen LogP contribution is 2.16. The van der Waals surface area contributed by atoms with Crippen molar-refractivity contribution < 1.29 is 0 Å². The number of hydrogen-bond donors (Lipinski definition) is 2. The van der Waals surface area contributed by atoms with E-state index in [0.29, 0.717) is 5.95 Å². The van der Waals surface area contributed by atoms with Crippen LogP contribution >= 0.6 is 0 Å². The van der Waals surface area contributed by atoms with Gasteiger partial charge in [0.15, 0.2) is 0 Å². The molecular formula is C13H12N6. The summed E-state index contributed by atoms with van der Waals surface area (Å²) in [6.07, 6.45) is 3.13. The van der Waals surface area contributed by atoms with Gasteiger partial charge in [-0.05, 0) is 10.8 Å². The number of benzene rings is 2. The minimum atomic E-state index is 0.386. The Morgan fingerprint density at radius 3 is 2.84 bits per heavy atom. The van der Waals surface area contributed by atoms with Crippen molar-refractivity contribution in [3.8, 4) is 0 Å². The first-order valence-corrected chi connectivity index (χ1v) is 5.76. The van der Waals surface area contributed by atoms with Gasteiger partial charge in [-0.1, -0.05) is 42.5 Å². The molecular weight excluding hydrogens is 240 g/mol. The van der Waals surface area contributed by atoms with E-state index in [2.05, 4.69) is 38.9 Å². The number of rotatable bonds is 3. The van der Waals surface area contributed by atoms with E-state index in [9.17, 15) is 0 Å². The standard InChI is InChI=1S/C13H12N6/c14-19-9-16-18-13(19)17-15-8-11-6-3-5-10-4-1-2-7-12(10)11/h1-9H,14H2,(H,17,18)/b15-8-. The highest BCUT2D eigenvalue weighted by Gasteiger charge is 1.99. The van der Waals surface area contributed by atoms with Crippen molar-refractivity contribution in [2.45, 2.75) is 0 Å². The number of fused-ring (bicyclic) bond motifs is 1. The molecule has 0 spiro atoms. The van der Waals surface area contributed by atoms with Gasteiger partial charge in [-0.3, -0.25) is 0 Å². The van der Waals surface area contributed by atoms with Gasteiger partial charge < -0.3 is 5.84 Å². The monoisotopic (exact) mass is 252 g/mol. The van der Waals surface area contributed by atoms with Crippen LogP contribution < -0.4 is 11.3 Å². The van der Waals surface area contributed by atoms with Gasteiger partial charge in [0.05, 0.1) is 6.21 Å². The Morgan fingerprint density at radius 1 is 1.16 bits per heavy atom. The number of anilines is 1. The predicted octanol–water partition coefficient (Wildman–Crippen LogP) is 1.59. The number of nitrogen functional groups attached to an aromatic ring is 1. The molecule has 0 amide bonds. The summed E-state index contributed by atoms with van der Waals surface area (Å²) in [6, 6.07) is 14.2. The average molecular weight is 252 g/mol. The lowest BCUT2D eigenvalue weighted by Gasteiger charge is -2.01. The van der Waals surface area contributed by atoms with Gasteiger partial charge >= 0.3 is 0 Å². The molecule has 2 aromatic carbocycles. The first-order valence-electron chi connectivity index (χ1n) is 5.76. The zero-order chi connectivity index (χ0) is 13.1. The van der Waals surface area contributed by atoms with Crippen LogP contribution in [0, 0.1) is 0 Å². The van der Waals surface area contributed by atoms with Crippen LogP contribution in [0.4, 0.5) is 5.95 Å². The largest absolute Gasteiger partial charge is 0.335 e. The summed E-state index contributed by atoms with van der Waals surface area (Å²) in [5.74, 6) is 5.95. The molecule has 3 aromatic rings. The summed E-state index contributed by atoms with van der Waals surface area (Å²) < 4.78 is 1.26. The van der Waals surface area contributed by atoms with Crippen LogP contribution in [-0.4, -0.2) is 21.1 Å². The number of nitrogens with zero attached hydrogens (tertiary/aromatic N) is 4. The third-order valence-electron chi connectivity index (χ3n) is 2.76. The zero-order valence-corrected chi connectivity index (χ0v) is 10.1. The third kappa shape index (κ3) is 2.23. The Bertz CT molecular complexity index is 725. The lowest BCUT2D eigenvalue weighted by molar-refractivity contribution is 0.988. The lowest BCUT2D eigenvalue weighted by atomic mass is 10.1. The van der Waals surface area contributed by atoms with Crippen molar-refractivity contribution in [2.75, 3.05) is 11.3 Å². The van der Waals surface area contributed by atoms with Gasteiger partial charge in [0.1, 0.15) is 6.33 Å². The van der Waals surface area contributed by atoms with Gasteiger partial charge in [-0.25, -0.2) is 10.1 Å². The Hall–Kier alpha value is -2.89. The Kier molecular flexibility index (Phi) is 2.82. The Morgan fingerprint density at radius 2 is 2.00 bits per heavy atom. The lowest BCUT2D eigenvalue weighted by Crippen LogP contribution is -2.10. The van der Waals surface area contributed by atoms with E-state index in [0.717, 1.165) is 10.9 Å². The molecule has 6 nitrogen and oxygen atoms in total. The SMILES string of the molecule is Nn1cnnc1N/N=C\c1cccc2ccccc12. The topological polar surface area (TPSA) is 81.1 Å². The van der Waals surface area contributed by atoms with Gasteiger partial charge in [-0.2, -0.15) is 5.10 Å². The fraction of sp³-hybridized carbons (Fsp3) is 0. The maximum atomic E-state index is 5.57. The Labute approximate surface area is 109 Å². The van der Waals surface area contributed by atoms with Crippen molar-refractivity contribution in [1.82, 2.24) is 14.9 Å². The van der Waals surface area contributed by atoms with E-state index in [1.165, 1.54) is 16.4 Å². The average Bonchev–Trinajstić information content (AvgIpc) is 2.85. The molecule has 0 fully saturated rings. The predicted molar refractivity (Wildman–Crippen MR) is 75.3 cm³/mol. The van der Waals surface area contributed by atoms with E-state index in [1.54, 1.807) is 6.21 Å². The van der Waals surface area contributed by atoms with Crippen LogP contribution in [0.15, 0.2) is 53.9 Å². The fourth-order valence-corrected chi connectivity index (χ4v) is 1.85. The molecule has 6 heteroatoms. The summed E-state index contributed by atoms with van der Waals surface area (Å²) in [4.78, 5) is 0. The van der Waals surface area contributed by atoms with E-state index in [4.69, 9.17) is 5.84 Å². The molecule has 0 saturated heterocycles. The summed E-state index contributed by atoms with van der Waals surface area (Å²) >= 11 is 0. The summed E-state index contributed by atoms with van der Waals surface area (Å²) in [7, 11) is 0. The number of aromatic nitrogens is 3. The normalized spacial score (nSPS) is 11.2. The molecule has 1 heterocycles. The molecule has 0 unspecified atom stereocenters. The van der Waals surface area contributed by atoms with Crippen molar-refractivity contribution in [2.24, 2.45) is 5.10 Å². The van der Waals surface area contributed by atoms with Crippen LogP contribution in [0.3, 0.4) is 0 Å². The maximum Gasteiger partial charge on any atom is 0.263 e. The molecule has 94 valence electrons. The second-order valence-electron chi connectivity index (χ2n) is 4.00. The van der Waals surface area contributed by atoms with Crippen molar-refractivity contribution in [1.29, 1.82) is 0 Å². The zero-order valence-electron chi connectivity index (χ0n) is 10.1. The fourth-order valence-electron chi connectivity index (χ4n) is 1.85. The smallest absolute Gasteiger partial charge is 0.263 e. The third-order valence-corrected chi connectivity index (χ3v) is 2.76. The van der Waals surface area contributed by atoms with Crippen LogP contribution in [0.5, 0.6) is 0 Å². The molecule has 3 rings (SSSR count). The van der Waals surface area contributed by atoms with Gasteiger partial charge in [-0.15, -0.1) is 10.2 Å². The van der Waals surface area contributed by atoms with E-state index in [-0.39, 0.29) is 0 Å². The number of hydrazone groups is 1. The van der Waals surface area contributed by atoms with Crippen LogP contribution in [-0.2, 0) is 0 Å². The first kappa shape index (κ1) is 11.2. The first-order chi connectivity index (χ1) is 9.34.